The second kappa shape index (κ2) is 6.01. The van der Waals surface area contributed by atoms with Crippen molar-refractivity contribution in [2.45, 2.75) is 38.7 Å². The van der Waals surface area contributed by atoms with Crippen LogP contribution in [0.1, 0.15) is 44.3 Å². The van der Waals surface area contributed by atoms with Crippen molar-refractivity contribution in [2.24, 2.45) is 17.1 Å². The fourth-order valence-corrected chi connectivity index (χ4v) is 3.73. The van der Waals surface area contributed by atoms with Gasteiger partial charge in [0, 0.05) is 22.0 Å². The van der Waals surface area contributed by atoms with Crippen LogP contribution in [-0.2, 0) is 0 Å². The lowest BCUT2D eigenvalue weighted by molar-refractivity contribution is 0.0302. The van der Waals surface area contributed by atoms with Crippen molar-refractivity contribution in [1.29, 1.82) is 0 Å². The van der Waals surface area contributed by atoms with E-state index >= 15 is 0 Å². The zero-order valence-corrected chi connectivity index (χ0v) is 12.7. The highest BCUT2D eigenvalue weighted by Crippen LogP contribution is 2.51. The molecule has 3 atom stereocenters. The molecule has 1 aromatic rings. The maximum Gasteiger partial charge on any atom is 0.0872 e. The summed E-state index contributed by atoms with van der Waals surface area (Å²) in [4.78, 5) is 0. The van der Waals surface area contributed by atoms with Crippen LogP contribution in [0, 0.1) is 11.3 Å². The molecule has 0 radical (unpaired) electrons. The third-order valence-corrected chi connectivity index (χ3v) is 5.13. The average molecular weight is 302 g/mol. The third-order valence-electron chi connectivity index (χ3n) is 4.57. The zero-order valence-electron chi connectivity index (χ0n) is 11.2. The van der Waals surface area contributed by atoms with Gasteiger partial charge >= 0.3 is 0 Å². The standard InChI is InChI=1S/C15H21Cl2NO/c1-2-10-5-6-15(8-10,9-18)14(19)12-4-3-11(16)7-13(12)17/h3-4,7,10,14,19H,2,5-6,8-9,18H2,1H3. The first-order chi connectivity index (χ1) is 9.02. The Bertz CT molecular complexity index is 452. The van der Waals surface area contributed by atoms with Crippen molar-refractivity contribution in [3.8, 4) is 0 Å². The minimum atomic E-state index is -0.612. The molecule has 1 saturated carbocycles. The molecular weight excluding hydrogens is 281 g/mol. The molecular formula is C15H21Cl2NO. The summed E-state index contributed by atoms with van der Waals surface area (Å²) in [6.07, 6.45) is 3.60. The fourth-order valence-electron chi connectivity index (χ4n) is 3.22. The number of hydrogen-bond acceptors (Lipinski definition) is 2. The summed E-state index contributed by atoms with van der Waals surface area (Å²) in [6.45, 7) is 2.68. The molecule has 3 unspecified atom stereocenters. The van der Waals surface area contributed by atoms with E-state index in [-0.39, 0.29) is 5.41 Å². The summed E-state index contributed by atoms with van der Waals surface area (Å²) < 4.78 is 0. The van der Waals surface area contributed by atoms with E-state index in [1.807, 2.05) is 6.07 Å². The van der Waals surface area contributed by atoms with Gasteiger partial charge in [-0.2, -0.15) is 0 Å². The van der Waals surface area contributed by atoms with Gasteiger partial charge in [-0.3, -0.25) is 0 Å². The predicted molar refractivity (Wildman–Crippen MR) is 80.5 cm³/mol. The highest BCUT2D eigenvalue weighted by Gasteiger charge is 2.44. The molecule has 0 saturated heterocycles. The Hall–Kier alpha value is -0.280. The van der Waals surface area contributed by atoms with E-state index in [9.17, 15) is 5.11 Å². The van der Waals surface area contributed by atoms with Crippen LogP contribution in [0.15, 0.2) is 18.2 Å². The smallest absolute Gasteiger partial charge is 0.0872 e. The number of aliphatic hydroxyl groups is 1. The van der Waals surface area contributed by atoms with Crippen molar-refractivity contribution in [2.75, 3.05) is 6.54 Å². The molecule has 1 aromatic carbocycles. The molecule has 0 heterocycles. The van der Waals surface area contributed by atoms with E-state index in [0.717, 1.165) is 31.2 Å². The molecule has 4 heteroatoms. The van der Waals surface area contributed by atoms with Gasteiger partial charge < -0.3 is 10.8 Å². The van der Waals surface area contributed by atoms with Crippen molar-refractivity contribution in [1.82, 2.24) is 0 Å². The van der Waals surface area contributed by atoms with E-state index < -0.39 is 6.10 Å². The van der Waals surface area contributed by atoms with E-state index in [1.165, 1.54) is 0 Å². The van der Waals surface area contributed by atoms with Crippen molar-refractivity contribution in [3.63, 3.8) is 0 Å². The maximum atomic E-state index is 10.7. The molecule has 0 aromatic heterocycles. The SMILES string of the molecule is CCC1CCC(CN)(C(O)c2ccc(Cl)cc2Cl)C1. The van der Waals surface area contributed by atoms with Gasteiger partial charge in [0.1, 0.15) is 0 Å². The summed E-state index contributed by atoms with van der Waals surface area (Å²) >= 11 is 12.1. The third kappa shape index (κ3) is 2.92. The van der Waals surface area contributed by atoms with E-state index in [0.29, 0.717) is 22.5 Å². The summed E-state index contributed by atoms with van der Waals surface area (Å²) in [7, 11) is 0. The average Bonchev–Trinajstić information content (AvgIpc) is 2.83. The first-order valence-electron chi connectivity index (χ1n) is 6.85. The number of hydrogen-bond donors (Lipinski definition) is 2. The quantitative estimate of drug-likeness (QED) is 0.876. The Morgan fingerprint density at radius 3 is 2.74 bits per heavy atom. The monoisotopic (exact) mass is 301 g/mol. The number of nitrogens with two attached hydrogens (primary N) is 1. The molecule has 1 aliphatic carbocycles. The second-order valence-electron chi connectivity index (χ2n) is 5.65. The van der Waals surface area contributed by atoms with Gasteiger partial charge in [-0.1, -0.05) is 42.6 Å². The van der Waals surface area contributed by atoms with Crippen LogP contribution >= 0.6 is 23.2 Å². The number of rotatable bonds is 4. The largest absolute Gasteiger partial charge is 0.388 e. The predicted octanol–water partition coefficient (Wildman–Crippen LogP) is 4.18. The number of benzene rings is 1. The number of aliphatic hydroxyl groups excluding tert-OH is 1. The van der Waals surface area contributed by atoms with Gasteiger partial charge in [0.15, 0.2) is 0 Å². The van der Waals surface area contributed by atoms with Crippen LogP contribution in [0.25, 0.3) is 0 Å². The molecule has 1 aliphatic rings. The molecule has 1 fully saturated rings. The zero-order chi connectivity index (χ0) is 14.0. The van der Waals surface area contributed by atoms with Gasteiger partial charge in [0.2, 0.25) is 0 Å². The Balaban J connectivity index is 2.28. The highest BCUT2D eigenvalue weighted by molar-refractivity contribution is 6.35. The summed E-state index contributed by atoms with van der Waals surface area (Å²) in [5.74, 6) is 0.657. The Morgan fingerprint density at radius 1 is 1.47 bits per heavy atom. The van der Waals surface area contributed by atoms with E-state index in [1.54, 1.807) is 12.1 Å². The Morgan fingerprint density at radius 2 is 2.21 bits per heavy atom. The lowest BCUT2D eigenvalue weighted by atomic mass is 9.76. The molecule has 0 spiro atoms. The fraction of sp³-hybridized carbons (Fsp3) is 0.600. The molecule has 0 amide bonds. The van der Waals surface area contributed by atoms with Gasteiger partial charge in [-0.25, -0.2) is 0 Å². The minimum Gasteiger partial charge on any atom is -0.388 e. The molecule has 0 aliphatic heterocycles. The molecule has 3 N–H and O–H groups in total. The molecule has 0 bridgehead atoms. The highest BCUT2D eigenvalue weighted by atomic mass is 35.5. The van der Waals surface area contributed by atoms with E-state index in [2.05, 4.69) is 6.92 Å². The molecule has 2 rings (SSSR count). The van der Waals surface area contributed by atoms with Crippen LogP contribution < -0.4 is 5.73 Å². The topological polar surface area (TPSA) is 46.2 Å². The lowest BCUT2D eigenvalue weighted by Gasteiger charge is -2.34. The molecule has 19 heavy (non-hydrogen) atoms. The maximum absolute atomic E-state index is 10.7. The first kappa shape index (κ1) is 15.1. The van der Waals surface area contributed by atoms with Crippen LogP contribution in [0.2, 0.25) is 10.0 Å². The summed E-state index contributed by atoms with van der Waals surface area (Å²) in [5, 5.41) is 11.9. The van der Waals surface area contributed by atoms with Crippen LogP contribution in [0.5, 0.6) is 0 Å². The van der Waals surface area contributed by atoms with Gasteiger partial charge in [0.25, 0.3) is 0 Å². The first-order valence-corrected chi connectivity index (χ1v) is 7.61. The molecule has 2 nitrogen and oxygen atoms in total. The Kier molecular flexibility index (Phi) is 4.78. The summed E-state index contributed by atoms with van der Waals surface area (Å²) in [6, 6.07) is 5.26. The molecule has 106 valence electrons. The van der Waals surface area contributed by atoms with E-state index in [4.69, 9.17) is 28.9 Å². The lowest BCUT2D eigenvalue weighted by Crippen LogP contribution is -2.34. The van der Waals surface area contributed by atoms with Crippen molar-refractivity contribution in [3.05, 3.63) is 33.8 Å². The van der Waals surface area contributed by atoms with Gasteiger partial charge in [0.05, 0.1) is 6.10 Å². The second-order valence-corrected chi connectivity index (χ2v) is 6.50. The van der Waals surface area contributed by atoms with Gasteiger partial charge in [-0.15, -0.1) is 0 Å². The van der Waals surface area contributed by atoms with Gasteiger partial charge in [-0.05, 0) is 42.9 Å². The number of halogens is 2. The normalized spacial score (nSPS) is 28.6. The van der Waals surface area contributed by atoms with Crippen molar-refractivity contribution >= 4 is 23.2 Å². The van der Waals surface area contributed by atoms with Crippen LogP contribution in [-0.4, -0.2) is 11.7 Å². The van der Waals surface area contributed by atoms with Crippen LogP contribution in [0.3, 0.4) is 0 Å². The van der Waals surface area contributed by atoms with Crippen LogP contribution in [0.4, 0.5) is 0 Å². The Labute approximate surface area is 124 Å². The van der Waals surface area contributed by atoms with Crippen molar-refractivity contribution < 1.29 is 5.11 Å². The summed E-state index contributed by atoms with van der Waals surface area (Å²) in [5.41, 5.74) is 6.48. The minimum absolute atomic E-state index is 0.238.